The molecule has 0 heterocycles. The number of unbranched alkanes of at least 4 members (excludes halogenated alkanes) is 2. The molecular formula is C25H43FNO7P. The summed E-state index contributed by atoms with van der Waals surface area (Å²) in [4.78, 5) is 11.5. The van der Waals surface area contributed by atoms with Crippen molar-refractivity contribution < 1.29 is 37.2 Å². The van der Waals surface area contributed by atoms with E-state index in [1.54, 1.807) is 48.5 Å². The van der Waals surface area contributed by atoms with Crippen molar-refractivity contribution in [1.29, 1.82) is 0 Å². The van der Waals surface area contributed by atoms with Gasteiger partial charge in [-0.1, -0.05) is 12.1 Å². The smallest absolute Gasteiger partial charge is 0.475 e. The maximum Gasteiger partial charge on any atom is 0.475 e. The highest BCUT2D eigenvalue weighted by Gasteiger charge is 2.40. The number of hydrogen-bond donors (Lipinski definition) is 2. The van der Waals surface area contributed by atoms with Crippen LogP contribution in [0.15, 0.2) is 24.3 Å². The molecule has 0 aliphatic rings. The summed E-state index contributed by atoms with van der Waals surface area (Å²) in [6.45, 7) is 12.1. The molecule has 8 nitrogen and oxygen atoms in total. The van der Waals surface area contributed by atoms with E-state index in [1.807, 2.05) is 24.3 Å². The van der Waals surface area contributed by atoms with Crippen LogP contribution >= 0.6 is 7.82 Å². The minimum absolute atomic E-state index is 0.206. The van der Waals surface area contributed by atoms with Crippen molar-refractivity contribution in [3.8, 4) is 5.75 Å². The van der Waals surface area contributed by atoms with Gasteiger partial charge < -0.3 is 15.2 Å². The van der Waals surface area contributed by atoms with Gasteiger partial charge in [0.15, 0.2) is 0 Å². The molecule has 1 aromatic rings. The summed E-state index contributed by atoms with van der Waals surface area (Å²) in [5.74, 6) is 0.725. The van der Waals surface area contributed by atoms with Crippen LogP contribution in [0.5, 0.6) is 5.75 Å². The predicted octanol–water partition coefficient (Wildman–Crippen LogP) is 6.92. The summed E-state index contributed by atoms with van der Waals surface area (Å²) in [6.07, 6.45) is 1.85. The SMILES string of the molecule is CC(C)(C)OP(=O)(OC[C@@](C)(CCc1ccc(OCCCCCF)cc1)NC(=O)O)OC(C)(C)C. The molecule has 0 aliphatic heterocycles. The summed E-state index contributed by atoms with van der Waals surface area (Å²) < 4.78 is 48.1. The van der Waals surface area contributed by atoms with Crippen molar-refractivity contribution in [2.45, 2.75) is 97.3 Å². The number of phosphoric ester groups is 1. The van der Waals surface area contributed by atoms with Crippen LogP contribution in [0.3, 0.4) is 0 Å². The minimum Gasteiger partial charge on any atom is -0.494 e. The van der Waals surface area contributed by atoms with Gasteiger partial charge in [-0.05, 0) is 98.3 Å². The van der Waals surface area contributed by atoms with E-state index in [2.05, 4.69) is 5.32 Å². The standard InChI is InChI=1S/C25H43FNO7P/c1-23(2,3)33-35(30,34-24(4,5)6)32-19-25(7,27-22(28)29)16-15-20-11-13-21(14-12-20)31-18-10-8-9-17-26/h11-14,27H,8-10,15-19H2,1-7H3,(H,28,29)/t25-/m1/s1. The zero-order chi connectivity index (χ0) is 26.8. The van der Waals surface area contributed by atoms with E-state index in [0.29, 0.717) is 25.9 Å². The number of aryl methyl sites for hydroxylation is 1. The van der Waals surface area contributed by atoms with Gasteiger partial charge in [0.2, 0.25) is 0 Å². The number of ether oxygens (including phenoxy) is 1. The number of rotatable bonds is 15. The van der Waals surface area contributed by atoms with Crippen LogP contribution in [0.25, 0.3) is 0 Å². The summed E-state index contributed by atoms with van der Waals surface area (Å²) in [6, 6.07) is 7.53. The number of carboxylic acid groups (broad SMARTS) is 1. The fourth-order valence-electron chi connectivity index (χ4n) is 3.13. The molecule has 35 heavy (non-hydrogen) atoms. The lowest BCUT2D eigenvalue weighted by atomic mass is 9.94. The Labute approximate surface area is 209 Å². The highest BCUT2D eigenvalue weighted by Crippen LogP contribution is 2.55. The Bertz CT molecular complexity index is 801. The van der Waals surface area contributed by atoms with Crippen LogP contribution in [-0.4, -0.2) is 47.8 Å². The Morgan fingerprint density at radius 2 is 1.54 bits per heavy atom. The van der Waals surface area contributed by atoms with Crippen molar-refractivity contribution in [2.75, 3.05) is 19.9 Å². The number of amides is 1. The highest BCUT2D eigenvalue weighted by molar-refractivity contribution is 7.48. The van der Waals surface area contributed by atoms with Gasteiger partial charge in [0.05, 0.1) is 36.6 Å². The number of benzene rings is 1. The molecule has 0 aliphatic carbocycles. The van der Waals surface area contributed by atoms with Gasteiger partial charge in [-0.15, -0.1) is 0 Å². The molecule has 0 radical (unpaired) electrons. The molecule has 1 rings (SSSR count). The van der Waals surface area contributed by atoms with Crippen LogP contribution in [0.1, 0.15) is 79.7 Å². The van der Waals surface area contributed by atoms with E-state index < -0.39 is 30.7 Å². The topological polar surface area (TPSA) is 103 Å². The van der Waals surface area contributed by atoms with Gasteiger partial charge in [0, 0.05) is 0 Å². The lowest BCUT2D eigenvalue weighted by Crippen LogP contribution is -2.49. The summed E-state index contributed by atoms with van der Waals surface area (Å²) in [5.41, 5.74) is -1.66. The molecule has 1 atom stereocenters. The first-order valence-electron chi connectivity index (χ1n) is 12.0. The van der Waals surface area contributed by atoms with Crippen molar-refractivity contribution in [2.24, 2.45) is 0 Å². The minimum atomic E-state index is -3.99. The quantitative estimate of drug-likeness (QED) is 0.191. The van der Waals surface area contributed by atoms with Crippen molar-refractivity contribution in [3.05, 3.63) is 29.8 Å². The number of carbonyl (C=O) groups is 1. The second-order valence-corrected chi connectivity index (χ2v) is 12.4. The first kappa shape index (κ1) is 31.4. The van der Waals surface area contributed by atoms with Crippen LogP contribution in [0.4, 0.5) is 9.18 Å². The van der Waals surface area contributed by atoms with Gasteiger partial charge in [0.25, 0.3) is 0 Å². The molecule has 10 heteroatoms. The molecule has 0 aromatic heterocycles. The third kappa shape index (κ3) is 14.5. The number of alkyl halides is 1. The molecule has 0 saturated carbocycles. The average Bonchev–Trinajstić information content (AvgIpc) is 2.68. The second-order valence-electron chi connectivity index (χ2n) is 10.9. The van der Waals surface area contributed by atoms with Crippen molar-refractivity contribution >= 4 is 13.9 Å². The maximum absolute atomic E-state index is 13.4. The molecule has 0 spiro atoms. The molecule has 0 unspecified atom stereocenters. The summed E-state index contributed by atoms with van der Waals surface area (Å²) in [7, 11) is -3.99. The monoisotopic (exact) mass is 519 g/mol. The van der Waals surface area contributed by atoms with E-state index in [4.69, 9.17) is 18.3 Å². The second kappa shape index (κ2) is 13.6. The van der Waals surface area contributed by atoms with Crippen LogP contribution < -0.4 is 10.1 Å². The Morgan fingerprint density at radius 1 is 0.971 bits per heavy atom. The van der Waals surface area contributed by atoms with Gasteiger partial charge in [-0.2, -0.15) is 0 Å². The fraction of sp³-hybridized carbons (Fsp3) is 0.720. The molecule has 0 fully saturated rings. The largest absolute Gasteiger partial charge is 0.494 e. The normalized spacial score (nSPS) is 14.4. The zero-order valence-corrected chi connectivity index (χ0v) is 23.1. The summed E-state index contributed by atoms with van der Waals surface area (Å²) in [5, 5.41) is 11.9. The maximum atomic E-state index is 13.4. The molecule has 202 valence electrons. The van der Waals surface area contributed by atoms with Gasteiger partial charge >= 0.3 is 13.9 Å². The van der Waals surface area contributed by atoms with Crippen molar-refractivity contribution in [1.82, 2.24) is 5.32 Å². The lowest BCUT2D eigenvalue weighted by Gasteiger charge is -2.34. The van der Waals surface area contributed by atoms with E-state index in [1.165, 1.54) is 0 Å². The fourth-order valence-corrected chi connectivity index (χ4v) is 5.06. The van der Waals surface area contributed by atoms with Crippen LogP contribution in [-0.2, 0) is 24.6 Å². The molecule has 0 saturated heterocycles. The summed E-state index contributed by atoms with van der Waals surface area (Å²) >= 11 is 0. The van der Waals surface area contributed by atoms with Crippen molar-refractivity contribution in [3.63, 3.8) is 0 Å². The zero-order valence-electron chi connectivity index (χ0n) is 22.2. The number of halogens is 1. The Balaban J connectivity index is 2.81. The van der Waals surface area contributed by atoms with E-state index in [-0.39, 0.29) is 13.3 Å². The number of phosphoric acid groups is 1. The first-order valence-corrected chi connectivity index (χ1v) is 13.5. The predicted molar refractivity (Wildman–Crippen MR) is 135 cm³/mol. The third-order valence-electron chi connectivity index (χ3n) is 4.66. The first-order chi connectivity index (χ1) is 16.0. The molecule has 0 bridgehead atoms. The Kier molecular flexibility index (Phi) is 12.2. The Hall–Kier alpha value is -1.67. The molecule has 1 amide bonds. The molecule has 1 aromatic carbocycles. The van der Waals surface area contributed by atoms with Gasteiger partial charge in [0.1, 0.15) is 5.75 Å². The molecule has 2 N–H and O–H groups in total. The van der Waals surface area contributed by atoms with Gasteiger partial charge in [-0.3, -0.25) is 18.0 Å². The van der Waals surface area contributed by atoms with Gasteiger partial charge in [-0.25, -0.2) is 9.36 Å². The van der Waals surface area contributed by atoms with E-state index >= 15 is 0 Å². The lowest BCUT2D eigenvalue weighted by molar-refractivity contribution is -0.00481. The van der Waals surface area contributed by atoms with Crippen LogP contribution in [0, 0.1) is 0 Å². The number of hydrogen-bond acceptors (Lipinski definition) is 6. The number of nitrogens with one attached hydrogen (secondary N) is 1. The third-order valence-corrected chi connectivity index (χ3v) is 6.64. The van der Waals surface area contributed by atoms with E-state index in [9.17, 15) is 18.9 Å². The highest BCUT2D eigenvalue weighted by atomic mass is 31.2. The Morgan fingerprint density at radius 3 is 2.03 bits per heavy atom. The van der Waals surface area contributed by atoms with Crippen LogP contribution in [0.2, 0.25) is 0 Å². The van der Waals surface area contributed by atoms with E-state index in [0.717, 1.165) is 24.2 Å². The average molecular weight is 520 g/mol. The molecular weight excluding hydrogens is 476 g/mol.